The lowest BCUT2D eigenvalue weighted by Gasteiger charge is -2.22. The number of aryl methyl sites for hydroxylation is 1. The van der Waals surface area contributed by atoms with Crippen LogP contribution in [-0.4, -0.2) is 16.3 Å². The van der Waals surface area contributed by atoms with Gasteiger partial charge in [0.05, 0.1) is 5.69 Å². The van der Waals surface area contributed by atoms with Crippen LogP contribution in [0.1, 0.15) is 30.0 Å². The number of hydrogen-bond donors (Lipinski definition) is 2. The lowest BCUT2D eigenvalue weighted by Crippen LogP contribution is -2.19. The first-order valence-corrected chi connectivity index (χ1v) is 6.82. The van der Waals surface area contributed by atoms with Gasteiger partial charge < -0.3 is 11.5 Å². The predicted octanol–water partition coefficient (Wildman–Crippen LogP) is 2.05. The summed E-state index contributed by atoms with van der Waals surface area (Å²) < 4.78 is 2.01. The van der Waals surface area contributed by atoms with Gasteiger partial charge in [0, 0.05) is 35.5 Å². The van der Waals surface area contributed by atoms with Crippen LogP contribution in [0.2, 0.25) is 0 Å². The number of nitrogen functional groups attached to an aromatic ring is 1. The minimum absolute atomic E-state index is 0.425. The van der Waals surface area contributed by atoms with Crippen molar-refractivity contribution in [1.29, 1.82) is 0 Å². The molecular formula is C15H20N4. The summed E-state index contributed by atoms with van der Waals surface area (Å²) in [5.74, 6) is 0.425. The Balaban J connectivity index is 2.17. The topological polar surface area (TPSA) is 69.9 Å². The Labute approximate surface area is 113 Å². The normalized spacial score (nSPS) is 18.3. The zero-order valence-corrected chi connectivity index (χ0v) is 11.3. The molecule has 1 heterocycles. The highest BCUT2D eigenvalue weighted by Crippen LogP contribution is 2.38. The third-order valence-electron chi connectivity index (χ3n) is 4.03. The van der Waals surface area contributed by atoms with Crippen LogP contribution < -0.4 is 11.5 Å². The maximum absolute atomic E-state index is 5.94. The van der Waals surface area contributed by atoms with Gasteiger partial charge in [0.15, 0.2) is 0 Å². The molecule has 100 valence electrons. The molecule has 0 radical (unpaired) electrons. The van der Waals surface area contributed by atoms with Crippen molar-refractivity contribution in [2.75, 3.05) is 12.3 Å². The summed E-state index contributed by atoms with van der Waals surface area (Å²) >= 11 is 0. The van der Waals surface area contributed by atoms with Gasteiger partial charge in [-0.1, -0.05) is 12.1 Å². The fourth-order valence-electron chi connectivity index (χ4n) is 3.10. The van der Waals surface area contributed by atoms with Crippen molar-refractivity contribution in [3.8, 4) is 11.3 Å². The van der Waals surface area contributed by atoms with E-state index < -0.39 is 0 Å². The Kier molecular flexibility index (Phi) is 3.03. The molecule has 0 saturated heterocycles. The zero-order valence-electron chi connectivity index (χ0n) is 11.3. The third kappa shape index (κ3) is 2.02. The quantitative estimate of drug-likeness (QED) is 0.808. The highest BCUT2D eigenvalue weighted by molar-refractivity contribution is 5.68. The Morgan fingerprint density at radius 2 is 2.26 bits per heavy atom. The minimum atomic E-state index is 0.425. The van der Waals surface area contributed by atoms with Gasteiger partial charge >= 0.3 is 0 Å². The molecule has 2 aromatic rings. The standard InChI is InChI=1S/C15H20N4/c1-19-13-7-3-5-11(9-16)14(13)15(18-19)10-4-2-6-12(17)8-10/h2,4,6,8,11H,3,5,7,9,16-17H2,1H3. The zero-order chi connectivity index (χ0) is 13.4. The molecule has 1 atom stereocenters. The van der Waals surface area contributed by atoms with E-state index in [9.17, 15) is 0 Å². The maximum Gasteiger partial charge on any atom is 0.0961 e. The number of nitrogens with two attached hydrogens (primary N) is 2. The molecule has 1 aliphatic rings. The summed E-state index contributed by atoms with van der Waals surface area (Å²) in [6.45, 7) is 0.689. The number of benzene rings is 1. The highest BCUT2D eigenvalue weighted by atomic mass is 15.3. The summed E-state index contributed by atoms with van der Waals surface area (Å²) in [4.78, 5) is 0. The van der Waals surface area contributed by atoms with Crippen LogP contribution in [0.4, 0.5) is 5.69 Å². The van der Waals surface area contributed by atoms with E-state index in [4.69, 9.17) is 16.6 Å². The second kappa shape index (κ2) is 4.70. The number of anilines is 1. The van der Waals surface area contributed by atoms with Crippen molar-refractivity contribution >= 4 is 5.69 Å². The van der Waals surface area contributed by atoms with Crippen LogP contribution >= 0.6 is 0 Å². The number of rotatable bonds is 2. The van der Waals surface area contributed by atoms with E-state index in [0.717, 1.165) is 29.8 Å². The Morgan fingerprint density at radius 3 is 3.00 bits per heavy atom. The lowest BCUT2D eigenvalue weighted by molar-refractivity contribution is 0.541. The van der Waals surface area contributed by atoms with E-state index >= 15 is 0 Å². The first-order chi connectivity index (χ1) is 9.20. The van der Waals surface area contributed by atoms with E-state index in [2.05, 4.69) is 6.07 Å². The molecule has 0 aliphatic heterocycles. The van der Waals surface area contributed by atoms with Crippen molar-refractivity contribution < 1.29 is 0 Å². The Hall–Kier alpha value is -1.81. The number of nitrogens with zero attached hydrogens (tertiary/aromatic N) is 2. The first-order valence-electron chi connectivity index (χ1n) is 6.82. The lowest BCUT2D eigenvalue weighted by atomic mass is 9.84. The predicted molar refractivity (Wildman–Crippen MR) is 77.8 cm³/mol. The van der Waals surface area contributed by atoms with Crippen LogP contribution in [-0.2, 0) is 13.5 Å². The van der Waals surface area contributed by atoms with E-state index in [0.29, 0.717) is 12.5 Å². The van der Waals surface area contributed by atoms with Crippen molar-refractivity contribution in [1.82, 2.24) is 9.78 Å². The summed E-state index contributed by atoms with van der Waals surface area (Å²) in [6, 6.07) is 7.94. The van der Waals surface area contributed by atoms with E-state index in [1.54, 1.807) is 0 Å². The highest BCUT2D eigenvalue weighted by Gasteiger charge is 2.27. The fraction of sp³-hybridized carbons (Fsp3) is 0.400. The molecule has 4 nitrogen and oxygen atoms in total. The Bertz CT molecular complexity index is 600. The monoisotopic (exact) mass is 256 g/mol. The molecule has 0 bridgehead atoms. The maximum atomic E-state index is 5.94. The molecule has 19 heavy (non-hydrogen) atoms. The molecule has 3 rings (SSSR count). The van der Waals surface area contributed by atoms with Crippen LogP contribution in [0.25, 0.3) is 11.3 Å². The minimum Gasteiger partial charge on any atom is -0.399 e. The fourth-order valence-corrected chi connectivity index (χ4v) is 3.10. The molecule has 4 heteroatoms. The number of fused-ring (bicyclic) bond motifs is 1. The van der Waals surface area contributed by atoms with Crippen molar-refractivity contribution in [3.05, 3.63) is 35.5 Å². The summed E-state index contributed by atoms with van der Waals surface area (Å²) in [5, 5.41) is 4.71. The number of aromatic nitrogens is 2. The van der Waals surface area contributed by atoms with Crippen molar-refractivity contribution in [2.45, 2.75) is 25.2 Å². The molecule has 4 N–H and O–H groups in total. The molecule has 1 aromatic carbocycles. The Morgan fingerprint density at radius 1 is 1.42 bits per heavy atom. The average molecular weight is 256 g/mol. The van der Waals surface area contributed by atoms with Gasteiger partial charge in [-0.05, 0) is 37.9 Å². The summed E-state index contributed by atoms with van der Waals surface area (Å²) in [6.07, 6.45) is 3.45. The molecule has 1 aliphatic carbocycles. The van der Waals surface area contributed by atoms with Crippen LogP contribution in [0.3, 0.4) is 0 Å². The third-order valence-corrected chi connectivity index (χ3v) is 4.03. The van der Waals surface area contributed by atoms with Gasteiger partial charge in [-0.15, -0.1) is 0 Å². The SMILES string of the molecule is Cn1nc(-c2cccc(N)c2)c2c1CCCC2CN. The van der Waals surface area contributed by atoms with Crippen LogP contribution in [0.15, 0.2) is 24.3 Å². The van der Waals surface area contributed by atoms with E-state index in [1.165, 1.54) is 17.7 Å². The second-order valence-corrected chi connectivity index (χ2v) is 5.28. The van der Waals surface area contributed by atoms with Crippen LogP contribution in [0.5, 0.6) is 0 Å². The molecule has 0 saturated carbocycles. The molecule has 0 amide bonds. The number of hydrogen-bond acceptors (Lipinski definition) is 3. The van der Waals surface area contributed by atoms with Gasteiger partial charge in [0.1, 0.15) is 0 Å². The van der Waals surface area contributed by atoms with Gasteiger partial charge in [-0.3, -0.25) is 4.68 Å². The van der Waals surface area contributed by atoms with Gasteiger partial charge in [0.2, 0.25) is 0 Å². The molecule has 1 aromatic heterocycles. The van der Waals surface area contributed by atoms with Gasteiger partial charge in [-0.2, -0.15) is 5.10 Å². The van der Waals surface area contributed by atoms with Gasteiger partial charge in [-0.25, -0.2) is 0 Å². The first kappa shape index (κ1) is 12.2. The molecule has 0 spiro atoms. The van der Waals surface area contributed by atoms with Gasteiger partial charge in [0.25, 0.3) is 0 Å². The largest absolute Gasteiger partial charge is 0.399 e. The van der Waals surface area contributed by atoms with Crippen molar-refractivity contribution in [2.24, 2.45) is 12.8 Å². The molecule has 1 unspecified atom stereocenters. The molecular weight excluding hydrogens is 236 g/mol. The van der Waals surface area contributed by atoms with E-state index in [-0.39, 0.29) is 0 Å². The van der Waals surface area contributed by atoms with Crippen molar-refractivity contribution in [3.63, 3.8) is 0 Å². The summed E-state index contributed by atoms with van der Waals surface area (Å²) in [7, 11) is 2.02. The second-order valence-electron chi connectivity index (χ2n) is 5.28. The van der Waals surface area contributed by atoms with E-state index in [1.807, 2.05) is 29.9 Å². The summed E-state index contributed by atoms with van der Waals surface area (Å²) in [5.41, 5.74) is 17.4. The van der Waals surface area contributed by atoms with Crippen LogP contribution in [0, 0.1) is 0 Å². The smallest absolute Gasteiger partial charge is 0.0961 e. The molecule has 0 fully saturated rings. The average Bonchev–Trinajstić information content (AvgIpc) is 2.76.